The van der Waals surface area contributed by atoms with Gasteiger partial charge in [0.1, 0.15) is 0 Å². The van der Waals surface area contributed by atoms with Crippen molar-refractivity contribution in [3.8, 4) is 11.3 Å². The molecule has 1 fully saturated rings. The Morgan fingerprint density at radius 3 is 2.73 bits per heavy atom. The van der Waals surface area contributed by atoms with Crippen LogP contribution in [-0.2, 0) is 4.74 Å². The Labute approximate surface area is 149 Å². The first-order valence-electron chi connectivity index (χ1n) is 8.15. The molecule has 1 amide bonds. The number of hydrogen-bond donors (Lipinski definition) is 2. The normalized spacial score (nSPS) is 14.5. The minimum absolute atomic E-state index is 0.150. The Morgan fingerprint density at radius 1 is 1.15 bits per heavy atom. The van der Waals surface area contributed by atoms with Gasteiger partial charge in [-0.3, -0.25) is 4.79 Å². The average Bonchev–Trinajstić information content (AvgIpc) is 2.67. The lowest BCUT2D eigenvalue weighted by molar-refractivity contribution is 0.100. The van der Waals surface area contributed by atoms with E-state index >= 15 is 0 Å². The molecule has 0 bridgehead atoms. The molecule has 0 atom stereocenters. The summed E-state index contributed by atoms with van der Waals surface area (Å²) in [5.74, 6) is 0.290. The minimum atomic E-state index is -0.495. The van der Waals surface area contributed by atoms with Crippen LogP contribution in [0.1, 0.15) is 10.4 Å². The number of nitrogen functional groups attached to an aromatic ring is 1. The highest BCUT2D eigenvalue weighted by Crippen LogP contribution is 2.26. The molecule has 2 aromatic heterocycles. The lowest BCUT2D eigenvalue weighted by atomic mass is 10.1. The molecule has 9 nitrogen and oxygen atoms in total. The number of benzene rings is 1. The maximum absolute atomic E-state index is 11.4. The number of aromatic nitrogens is 4. The van der Waals surface area contributed by atoms with Crippen LogP contribution >= 0.6 is 0 Å². The van der Waals surface area contributed by atoms with Crippen LogP contribution in [0.15, 0.2) is 30.5 Å². The Bertz CT molecular complexity index is 986. The van der Waals surface area contributed by atoms with Gasteiger partial charge in [0.15, 0.2) is 17.0 Å². The van der Waals surface area contributed by atoms with E-state index in [0.29, 0.717) is 54.5 Å². The third-order valence-corrected chi connectivity index (χ3v) is 4.16. The van der Waals surface area contributed by atoms with Gasteiger partial charge in [-0.2, -0.15) is 9.97 Å². The molecule has 0 aliphatic carbocycles. The highest BCUT2D eigenvalue weighted by atomic mass is 16.5. The van der Waals surface area contributed by atoms with Crippen LogP contribution in [0.2, 0.25) is 0 Å². The van der Waals surface area contributed by atoms with E-state index in [4.69, 9.17) is 16.2 Å². The fourth-order valence-corrected chi connectivity index (χ4v) is 2.88. The van der Waals surface area contributed by atoms with Crippen molar-refractivity contribution in [2.24, 2.45) is 5.73 Å². The third-order valence-electron chi connectivity index (χ3n) is 4.16. The number of anilines is 2. The number of nitrogens with zero attached hydrogens (tertiary/aromatic N) is 5. The second-order valence-corrected chi connectivity index (χ2v) is 5.88. The summed E-state index contributed by atoms with van der Waals surface area (Å²) < 4.78 is 5.40. The summed E-state index contributed by atoms with van der Waals surface area (Å²) in [6.07, 6.45) is 1.60. The zero-order chi connectivity index (χ0) is 18.1. The molecule has 26 heavy (non-hydrogen) atoms. The standard InChI is InChI=1S/C17H17N7O2/c18-14(25)11-3-1-2-10(8-11)12-9-20-15-13(21-12)16(23-17(19)22-15)24-4-6-26-7-5-24/h1-3,8-9H,4-7H2,(H2,18,25)(H2,19,20,22,23). The number of primary amides is 1. The summed E-state index contributed by atoms with van der Waals surface area (Å²) in [6, 6.07) is 6.94. The van der Waals surface area contributed by atoms with E-state index in [2.05, 4.69) is 24.8 Å². The highest BCUT2D eigenvalue weighted by molar-refractivity contribution is 5.94. The fraction of sp³-hybridized carbons (Fsp3) is 0.235. The van der Waals surface area contributed by atoms with Crippen LogP contribution in [-0.4, -0.2) is 52.1 Å². The van der Waals surface area contributed by atoms with Gasteiger partial charge in [0, 0.05) is 24.2 Å². The lowest BCUT2D eigenvalue weighted by Gasteiger charge is -2.28. The number of hydrogen-bond acceptors (Lipinski definition) is 8. The summed E-state index contributed by atoms with van der Waals surface area (Å²) >= 11 is 0. The van der Waals surface area contributed by atoms with E-state index < -0.39 is 5.91 Å². The van der Waals surface area contributed by atoms with E-state index in [0.717, 1.165) is 5.56 Å². The molecule has 4 rings (SSSR count). The molecule has 132 valence electrons. The zero-order valence-electron chi connectivity index (χ0n) is 13.9. The van der Waals surface area contributed by atoms with Crippen LogP contribution < -0.4 is 16.4 Å². The third kappa shape index (κ3) is 3.00. The van der Waals surface area contributed by atoms with Crippen LogP contribution in [0.25, 0.3) is 22.4 Å². The van der Waals surface area contributed by atoms with E-state index in [1.807, 2.05) is 6.07 Å². The van der Waals surface area contributed by atoms with Crippen molar-refractivity contribution >= 4 is 28.8 Å². The van der Waals surface area contributed by atoms with E-state index in [9.17, 15) is 4.79 Å². The van der Waals surface area contributed by atoms with Crippen molar-refractivity contribution in [2.45, 2.75) is 0 Å². The van der Waals surface area contributed by atoms with Gasteiger partial charge in [-0.05, 0) is 12.1 Å². The first kappa shape index (κ1) is 16.2. The molecule has 0 saturated carbocycles. The van der Waals surface area contributed by atoms with Gasteiger partial charge < -0.3 is 21.1 Å². The summed E-state index contributed by atoms with van der Waals surface area (Å²) in [5, 5.41) is 0. The lowest BCUT2D eigenvalue weighted by Crippen LogP contribution is -2.37. The van der Waals surface area contributed by atoms with E-state index in [1.165, 1.54) is 0 Å². The Kier molecular flexibility index (Phi) is 4.05. The molecule has 1 aromatic carbocycles. The van der Waals surface area contributed by atoms with Crippen LogP contribution in [0, 0.1) is 0 Å². The van der Waals surface area contributed by atoms with E-state index in [1.54, 1.807) is 24.4 Å². The van der Waals surface area contributed by atoms with Gasteiger partial charge in [0.25, 0.3) is 0 Å². The Hall–Kier alpha value is -3.33. The van der Waals surface area contributed by atoms with Gasteiger partial charge in [-0.15, -0.1) is 0 Å². The SMILES string of the molecule is NC(=O)c1cccc(-c2cnc3nc(N)nc(N4CCOCC4)c3n2)c1. The molecular formula is C17H17N7O2. The Morgan fingerprint density at radius 2 is 1.96 bits per heavy atom. The van der Waals surface area contributed by atoms with Gasteiger partial charge >= 0.3 is 0 Å². The predicted molar refractivity (Wildman–Crippen MR) is 96.5 cm³/mol. The Balaban J connectivity index is 1.84. The number of rotatable bonds is 3. The topological polar surface area (TPSA) is 133 Å². The summed E-state index contributed by atoms with van der Waals surface area (Å²) in [7, 11) is 0. The second kappa shape index (κ2) is 6.52. The highest BCUT2D eigenvalue weighted by Gasteiger charge is 2.19. The summed E-state index contributed by atoms with van der Waals surface area (Å²) in [5.41, 5.74) is 13.9. The molecule has 0 spiro atoms. The van der Waals surface area contributed by atoms with Gasteiger partial charge in [-0.25, -0.2) is 9.97 Å². The zero-order valence-corrected chi connectivity index (χ0v) is 13.9. The van der Waals surface area contributed by atoms with Crippen molar-refractivity contribution in [3.05, 3.63) is 36.0 Å². The van der Waals surface area contributed by atoms with Crippen molar-refractivity contribution in [3.63, 3.8) is 0 Å². The maximum atomic E-state index is 11.4. The van der Waals surface area contributed by atoms with Crippen LogP contribution in [0.3, 0.4) is 0 Å². The molecule has 0 radical (unpaired) electrons. The average molecular weight is 351 g/mol. The number of carbonyl (C=O) groups is 1. The van der Waals surface area contributed by atoms with Crippen molar-refractivity contribution in [2.75, 3.05) is 36.9 Å². The molecule has 3 aromatic rings. The molecule has 1 saturated heterocycles. The monoisotopic (exact) mass is 351 g/mol. The summed E-state index contributed by atoms with van der Waals surface area (Å²) in [4.78, 5) is 31.1. The van der Waals surface area contributed by atoms with Crippen LogP contribution in [0.4, 0.5) is 11.8 Å². The molecule has 1 aliphatic rings. The number of amides is 1. The van der Waals surface area contributed by atoms with Crippen LogP contribution in [0.5, 0.6) is 0 Å². The van der Waals surface area contributed by atoms with Crippen molar-refractivity contribution < 1.29 is 9.53 Å². The number of carbonyl (C=O) groups excluding carboxylic acids is 1. The van der Waals surface area contributed by atoms with Crippen molar-refractivity contribution in [1.29, 1.82) is 0 Å². The quantitative estimate of drug-likeness (QED) is 0.701. The molecule has 4 N–H and O–H groups in total. The number of nitrogens with two attached hydrogens (primary N) is 2. The molecule has 3 heterocycles. The van der Waals surface area contributed by atoms with E-state index in [-0.39, 0.29) is 5.95 Å². The molecule has 9 heteroatoms. The summed E-state index contributed by atoms with van der Waals surface area (Å²) in [6.45, 7) is 2.60. The van der Waals surface area contributed by atoms with Gasteiger partial charge in [-0.1, -0.05) is 12.1 Å². The first-order valence-corrected chi connectivity index (χ1v) is 8.15. The minimum Gasteiger partial charge on any atom is -0.378 e. The largest absolute Gasteiger partial charge is 0.378 e. The first-order chi connectivity index (χ1) is 12.6. The second-order valence-electron chi connectivity index (χ2n) is 5.88. The molecule has 1 aliphatic heterocycles. The number of morpholine rings is 1. The number of fused-ring (bicyclic) bond motifs is 1. The maximum Gasteiger partial charge on any atom is 0.248 e. The van der Waals surface area contributed by atoms with Gasteiger partial charge in [0.2, 0.25) is 11.9 Å². The molecular weight excluding hydrogens is 334 g/mol. The predicted octanol–water partition coefficient (Wildman–Crippen LogP) is 0.604. The fourth-order valence-electron chi connectivity index (χ4n) is 2.88. The number of ether oxygens (including phenoxy) is 1. The van der Waals surface area contributed by atoms with Gasteiger partial charge in [0.05, 0.1) is 25.1 Å². The smallest absolute Gasteiger partial charge is 0.248 e. The van der Waals surface area contributed by atoms with Crippen molar-refractivity contribution in [1.82, 2.24) is 19.9 Å². The molecule has 0 unspecified atom stereocenters.